The number of aliphatic hydroxyl groups excluding tert-OH is 1. The van der Waals surface area contributed by atoms with Gasteiger partial charge < -0.3 is 14.7 Å². The van der Waals surface area contributed by atoms with E-state index in [9.17, 15) is 9.90 Å². The van der Waals surface area contributed by atoms with E-state index in [1.807, 2.05) is 30.3 Å². The van der Waals surface area contributed by atoms with Crippen molar-refractivity contribution in [3.05, 3.63) is 35.9 Å². The Bertz CT molecular complexity index is 399. The number of carbonyl (C=O) groups excluding carboxylic acids is 1. The van der Waals surface area contributed by atoms with Crippen molar-refractivity contribution in [1.82, 2.24) is 4.90 Å². The van der Waals surface area contributed by atoms with Crippen LogP contribution in [0.25, 0.3) is 0 Å². The minimum absolute atomic E-state index is 0.0233. The molecule has 0 radical (unpaired) electrons. The zero-order valence-corrected chi connectivity index (χ0v) is 11.3. The van der Waals surface area contributed by atoms with Gasteiger partial charge in [0.15, 0.2) is 0 Å². The maximum Gasteiger partial charge on any atom is 0.308 e. The molecule has 1 N–H and O–H groups in total. The summed E-state index contributed by atoms with van der Waals surface area (Å²) in [5.74, 6) is -0.0848. The van der Waals surface area contributed by atoms with Crippen LogP contribution in [0.1, 0.15) is 24.5 Å². The fraction of sp³-hybridized carbons (Fsp3) is 0.533. The van der Waals surface area contributed by atoms with Gasteiger partial charge in [0.05, 0.1) is 19.1 Å². The fourth-order valence-corrected chi connectivity index (χ4v) is 2.54. The topological polar surface area (TPSA) is 49.8 Å². The summed E-state index contributed by atoms with van der Waals surface area (Å²) in [7, 11) is 1.44. The summed E-state index contributed by atoms with van der Waals surface area (Å²) in [5, 5.41) is 10.2. The number of hydrogen-bond acceptors (Lipinski definition) is 4. The van der Waals surface area contributed by atoms with Crippen LogP contribution in [0, 0.1) is 5.92 Å². The van der Waals surface area contributed by atoms with E-state index in [-0.39, 0.29) is 11.9 Å². The van der Waals surface area contributed by atoms with Crippen LogP contribution in [-0.4, -0.2) is 42.7 Å². The van der Waals surface area contributed by atoms with Crippen molar-refractivity contribution < 1.29 is 14.6 Å². The molecule has 0 amide bonds. The maximum atomic E-state index is 11.4. The van der Waals surface area contributed by atoms with Gasteiger partial charge in [0.2, 0.25) is 0 Å². The summed E-state index contributed by atoms with van der Waals surface area (Å²) in [6.07, 6.45) is 1.17. The lowest BCUT2D eigenvalue weighted by Gasteiger charge is -2.32. The van der Waals surface area contributed by atoms with Crippen molar-refractivity contribution in [3.63, 3.8) is 0 Å². The summed E-state index contributed by atoms with van der Waals surface area (Å²) >= 11 is 0. The summed E-state index contributed by atoms with van der Waals surface area (Å²) in [5.41, 5.74) is 0.942. The van der Waals surface area contributed by atoms with E-state index in [4.69, 9.17) is 4.74 Å². The van der Waals surface area contributed by atoms with Crippen LogP contribution >= 0.6 is 0 Å². The van der Waals surface area contributed by atoms with Crippen LogP contribution in [0.5, 0.6) is 0 Å². The quantitative estimate of drug-likeness (QED) is 0.838. The molecule has 19 heavy (non-hydrogen) atoms. The smallest absolute Gasteiger partial charge is 0.308 e. The molecule has 2 rings (SSSR count). The Hall–Kier alpha value is -1.39. The van der Waals surface area contributed by atoms with Gasteiger partial charge in [-0.2, -0.15) is 0 Å². The first-order valence-electron chi connectivity index (χ1n) is 6.74. The fourth-order valence-electron chi connectivity index (χ4n) is 2.54. The van der Waals surface area contributed by atoms with Crippen molar-refractivity contribution >= 4 is 5.97 Å². The number of carbonyl (C=O) groups is 1. The molecule has 1 saturated heterocycles. The molecular formula is C15H21NO3. The summed E-state index contributed by atoms with van der Waals surface area (Å²) < 4.78 is 4.77. The van der Waals surface area contributed by atoms with E-state index < -0.39 is 6.10 Å². The van der Waals surface area contributed by atoms with Crippen molar-refractivity contribution in [3.8, 4) is 0 Å². The molecule has 0 aliphatic carbocycles. The SMILES string of the molecule is COC(=O)C1CCN(C[C@@H](O)c2ccccc2)CC1. The Morgan fingerprint density at radius 1 is 1.37 bits per heavy atom. The number of hydrogen-bond donors (Lipinski definition) is 1. The Labute approximate surface area is 114 Å². The van der Waals surface area contributed by atoms with Gasteiger partial charge in [-0.15, -0.1) is 0 Å². The molecule has 0 aromatic heterocycles. The molecule has 4 heteroatoms. The number of likely N-dealkylation sites (tertiary alicyclic amines) is 1. The van der Waals surface area contributed by atoms with Gasteiger partial charge in [-0.05, 0) is 31.5 Å². The molecule has 1 atom stereocenters. The highest BCUT2D eigenvalue weighted by molar-refractivity contribution is 5.72. The molecule has 0 bridgehead atoms. The van der Waals surface area contributed by atoms with Crippen molar-refractivity contribution in [2.45, 2.75) is 18.9 Å². The van der Waals surface area contributed by atoms with Gasteiger partial charge in [-0.1, -0.05) is 30.3 Å². The zero-order chi connectivity index (χ0) is 13.7. The first kappa shape index (κ1) is 14.0. The van der Waals surface area contributed by atoms with Crippen molar-refractivity contribution in [2.75, 3.05) is 26.7 Å². The second-order valence-corrected chi connectivity index (χ2v) is 5.02. The molecule has 1 fully saturated rings. The largest absolute Gasteiger partial charge is 0.469 e. The number of methoxy groups -OCH3 is 1. The normalized spacial score (nSPS) is 19.1. The highest BCUT2D eigenvalue weighted by Crippen LogP contribution is 2.21. The molecule has 0 spiro atoms. The van der Waals surface area contributed by atoms with Gasteiger partial charge >= 0.3 is 5.97 Å². The van der Waals surface area contributed by atoms with Crippen LogP contribution in [0.2, 0.25) is 0 Å². The van der Waals surface area contributed by atoms with E-state index in [0.717, 1.165) is 31.5 Å². The first-order chi connectivity index (χ1) is 9.20. The van der Waals surface area contributed by atoms with Gasteiger partial charge in [-0.25, -0.2) is 0 Å². The van der Waals surface area contributed by atoms with E-state index >= 15 is 0 Å². The van der Waals surface area contributed by atoms with Gasteiger partial charge in [-0.3, -0.25) is 4.79 Å². The van der Waals surface area contributed by atoms with E-state index in [0.29, 0.717) is 6.54 Å². The highest BCUT2D eigenvalue weighted by atomic mass is 16.5. The number of nitrogens with zero attached hydrogens (tertiary/aromatic N) is 1. The van der Waals surface area contributed by atoms with E-state index in [1.165, 1.54) is 7.11 Å². The number of aliphatic hydroxyl groups is 1. The second-order valence-electron chi connectivity index (χ2n) is 5.02. The van der Waals surface area contributed by atoms with Crippen molar-refractivity contribution in [1.29, 1.82) is 0 Å². The van der Waals surface area contributed by atoms with Crippen molar-refractivity contribution in [2.24, 2.45) is 5.92 Å². The molecule has 4 nitrogen and oxygen atoms in total. The van der Waals surface area contributed by atoms with Crippen LogP contribution in [0.4, 0.5) is 0 Å². The Morgan fingerprint density at radius 2 is 2.00 bits per heavy atom. The molecule has 1 heterocycles. The van der Waals surface area contributed by atoms with Crippen LogP contribution < -0.4 is 0 Å². The average molecular weight is 263 g/mol. The predicted octanol–water partition coefficient (Wildman–Crippen LogP) is 1.60. The van der Waals surface area contributed by atoms with Gasteiger partial charge in [0.1, 0.15) is 0 Å². The molecule has 0 saturated carbocycles. The summed E-state index contributed by atoms with van der Waals surface area (Å²) in [6, 6.07) is 9.68. The van der Waals surface area contributed by atoms with E-state index in [1.54, 1.807) is 0 Å². The number of esters is 1. The lowest BCUT2D eigenvalue weighted by atomic mass is 9.96. The van der Waals surface area contributed by atoms with Crippen LogP contribution in [-0.2, 0) is 9.53 Å². The molecule has 1 aromatic rings. The number of piperidine rings is 1. The number of β-amino-alcohol motifs (C(OH)–C–C–N with tert-alkyl or cyclic N) is 1. The standard InChI is InChI=1S/C15H21NO3/c1-19-15(18)13-7-9-16(10-8-13)11-14(17)12-5-3-2-4-6-12/h2-6,13-14,17H,7-11H2,1H3/t14-/m1/s1. The molecule has 104 valence electrons. The average Bonchev–Trinajstić information content (AvgIpc) is 2.48. The number of rotatable bonds is 4. The number of benzene rings is 1. The van der Waals surface area contributed by atoms with Crippen LogP contribution in [0.3, 0.4) is 0 Å². The number of ether oxygens (including phenoxy) is 1. The maximum absolute atomic E-state index is 11.4. The third-order valence-corrected chi connectivity index (χ3v) is 3.74. The van der Waals surface area contributed by atoms with Gasteiger partial charge in [0.25, 0.3) is 0 Å². The Kier molecular flexibility index (Phi) is 4.93. The lowest BCUT2D eigenvalue weighted by molar-refractivity contribution is -0.147. The monoisotopic (exact) mass is 263 g/mol. The Morgan fingerprint density at radius 3 is 2.58 bits per heavy atom. The lowest BCUT2D eigenvalue weighted by Crippen LogP contribution is -2.38. The Balaban J connectivity index is 1.81. The predicted molar refractivity (Wildman–Crippen MR) is 72.6 cm³/mol. The summed E-state index contributed by atoms with van der Waals surface area (Å²) in [4.78, 5) is 13.6. The zero-order valence-electron chi connectivity index (χ0n) is 11.3. The molecule has 1 aromatic carbocycles. The second kappa shape index (κ2) is 6.68. The highest BCUT2D eigenvalue weighted by Gasteiger charge is 2.26. The third-order valence-electron chi connectivity index (χ3n) is 3.74. The van der Waals surface area contributed by atoms with E-state index in [2.05, 4.69) is 4.90 Å². The minimum Gasteiger partial charge on any atom is -0.469 e. The minimum atomic E-state index is -0.462. The van der Waals surface area contributed by atoms with Gasteiger partial charge in [0, 0.05) is 6.54 Å². The molecular weight excluding hydrogens is 242 g/mol. The summed E-state index contributed by atoms with van der Waals surface area (Å²) in [6.45, 7) is 2.30. The molecule has 1 aliphatic rings. The molecule has 1 aliphatic heterocycles. The first-order valence-corrected chi connectivity index (χ1v) is 6.74. The third kappa shape index (κ3) is 3.78. The molecule has 0 unspecified atom stereocenters. The van der Waals surface area contributed by atoms with Crippen LogP contribution in [0.15, 0.2) is 30.3 Å².